The number of nitrogens with zero attached hydrogens (tertiary/aromatic N) is 1. The Balaban J connectivity index is 2.02. The van der Waals surface area contributed by atoms with E-state index in [1.807, 2.05) is 12.3 Å². The maximum atomic E-state index is 6.24. The van der Waals surface area contributed by atoms with Crippen molar-refractivity contribution in [2.75, 3.05) is 0 Å². The van der Waals surface area contributed by atoms with Gasteiger partial charge in [0.05, 0.1) is 17.3 Å². The van der Waals surface area contributed by atoms with Gasteiger partial charge >= 0.3 is 7.12 Å². The summed E-state index contributed by atoms with van der Waals surface area (Å²) in [5.74, 6) is 0.848. The molecule has 23 heavy (non-hydrogen) atoms. The monoisotopic (exact) mass is 317 g/mol. The van der Waals surface area contributed by atoms with Gasteiger partial charge in [0.1, 0.15) is 11.3 Å². The average molecular weight is 317 g/mol. The van der Waals surface area contributed by atoms with Gasteiger partial charge < -0.3 is 14.0 Å². The molecule has 0 spiro atoms. The zero-order valence-electron chi connectivity index (χ0n) is 15.4. The van der Waals surface area contributed by atoms with Crippen LogP contribution in [0, 0.1) is 0 Å². The summed E-state index contributed by atoms with van der Waals surface area (Å²) in [4.78, 5) is 4.57. The van der Waals surface area contributed by atoms with Gasteiger partial charge in [-0.1, -0.05) is 20.8 Å². The lowest BCUT2D eigenvalue weighted by Gasteiger charge is -2.32. The van der Waals surface area contributed by atoms with Crippen LogP contribution in [0.15, 0.2) is 12.3 Å². The van der Waals surface area contributed by atoms with Gasteiger partial charge in [0.15, 0.2) is 0 Å². The summed E-state index contributed by atoms with van der Waals surface area (Å²) in [6.45, 7) is 14.8. The van der Waals surface area contributed by atoms with Gasteiger partial charge in [-0.3, -0.25) is 4.98 Å². The van der Waals surface area contributed by atoms with Gasteiger partial charge in [0.25, 0.3) is 0 Å². The van der Waals surface area contributed by atoms with Crippen LogP contribution in [0.1, 0.15) is 66.9 Å². The van der Waals surface area contributed by atoms with E-state index in [4.69, 9.17) is 14.0 Å². The molecule has 1 saturated carbocycles. The molecule has 0 amide bonds. The molecule has 4 nitrogen and oxygen atoms in total. The van der Waals surface area contributed by atoms with Crippen LogP contribution >= 0.6 is 0 Å². The lowest BCUT2D eigenvalue weighted by Crippen LogP contribution is -2.41. The van der Waals surface area contributed by atoms with Gasteiger partial charge in [-0.05, 0) is 52.0 Å². The molecule has 1 aromatic heterocycles. The van der Waals surface area contributed by atoms with Gasteiger partial charge in [-0.2, -0.15) is 0 Å². The lowest BCUT2D eigenvalue weighted by atomic mass is 9.78. The van der Waals surface area contributed by atoms with Crippen molar-refractivity contribution < 1.29 is 14.0 Å². The topological polar surface area (TPSA) is 40.6 Å². The maximum Gasteiger partial charge on any atom is 0.518 e. The second-order valence-electron chi connectivity index (χ2n) is 8.73. The molecule has 1 aliphatic heterocycles. The molecule has 126 valence electrons. The van der Waals surface area contributed by atoms with Crippen molar-refractivity contribution in [3.8, 4) is 5.75 Å². The van der Waals surface area contributed by atoms with E-state index in [0.29, 0.717) is 6.10 Å². The molecule has 0 atom stereocenters. The van der Waals surface area contributed by atoms with Crippen molar-refractivity contribution >= 4 is 12.7 Å². The summed E-state index contributed by atoms with van der Waals surface area (Å²) in [5.41, 5.74) is 1.14. The van der Waals surface area contributed by atoms with Crippen LogP contribution < -0.4 is 10.3 Å². The van der Waals surface area contributed by atoms with Crippen molar-refractivity contribution in [1.29, 1.82) is 0 Å². The van der Waals surface area contributed by atoms with Crippen molar-refractivity contribution in [3.05, 3.63) is 17.8 Å². The van der Waals surface area contributed by atoms with E-state index in [2.05, 4.69) is 53.5 Å². The molecule has 3 rings (SSSR count). The third-order valence-electron chi connectivity index (χ3n) is 5.03. The zero-order valence-corrected chi connectivity index (χ0v) is 15.4. The molecule has 0 radical (unpaired) electrons. The molecule has 2 aliphatic rings. The molecule has 0 aromatic carbocycles. The van der Waals surface area contributed by atoms with Crippen LogP contribution in [0.25, 0.3) is 0 Å². The highest BCUT2D eigenvalue weighted by atomic mass is 16.7. The summed E-state index contributed by atoms with van der Waals surface area (Å²) >= 11 is 0. The van der Waals surface area contributed by atoms with Crippen LogP contribution in [0.2, 0.25) is 0 Å². The number of pyridine rings is 1. The van der Waals surface area contributed by atoms with Gasteiger partial charge in [-0.25, -0.2) is 0 Å². The fourth-order valence-electron chi connectivity index (χ4n) is 2.65. The third kappa shape index (κ3) is 3.13. The Kier molecular flexibility index (Phi) is 3.81. The predicted molar refractivity (Wildman–Crippen MR) is 92.3 cm³/mol. The Morgan fingerprint density at radius 1 is 1.13 bits per heavy atom. The van der Waals surface area contributed by atoms with E-state index >= 15 is 0 Å². The molecule has 0 unspecified atom stereocenters. The first-order valence-corrected chi connectivity index (χ1v) is 8.53. The third-order valence-corrected chi connectivity index (χ3v) is 5.03. The standard InChI is InChI=1S/C18H28BNO3/c1-16(2,3)13-10-11-20-15(14(13)21-12-8-9-12)19-22-17(4,5)18(6,7)23-19/h10-12H,8-9H2,1-7H3. The summed E-state index contributed by atoms with van der Waals surface area (Å²) in [7, 11) is -0.490. The Hall–Kier alpha value is -1.07. The average Bonchev–Trinajstić information content (AvgIpc) is 3.16. The van der Waals surface area contributed by atoms with E-state index in [1.165, 1.54) is 0 Å². The largest absolute Gasteiger partial charge is 0.518 e. The molecular weight excluding hydrogens is 289 g/mol. The number of hydrogen-bond acceptors (Lipinski definition) is 4. The van der Waals surface area contributed by atoms with E-state index < -0.39 is 7.12 Å². The minimum Gasteiger partial charge on any atom is -0.489 e. The zero-order chi connectivity index (χ0) is 17.0. The molecule has 1 aliphatic carbocycles. The van der Waals surface area contributed by atoms with Crippen molar-refractivity contribution in [2.24, 2.45) is 0 Å². The van der Waals surface area contributed by atoms with Crippen molar-refractivity contribution in [3.63, 3.8) is 0 Å². The number of ether oxygens (including phenoxy) is 1. The van der Waals surface area contributed by atoms with Gasteiger partial charge in [0.2, 0.25) is 0 Å². The van der Waals surface area contributed by atoms with Crippen molar-refractivity contribution in [2.45, 2.75) is 84.0 Å². The lowest BCUT2D eigenvalue weighted by molar-refractivity contribution is 0.00578. The highest BCUT2D eigenvalue weighted by molar-refractivity contribution is 6.62. The van der Waals surface area contributed by atoms with Crippen LogP contribution in [0.4, 0.5) is 0 Å². The second kappa shape index (κ2) is 5.22. The second-order valence-corrected chi connectivity index (χ2v) is 8.73. The number of rotatable bonds is 3. The van der Waals surface area contributed by atoms with E-state index in [0.717, 1.165) is 29.7 Å². The smallest absolute Gasteiger partial charge is 0.489 e. The fraction of sp³-hybridized carbons (Fsp3) is 0.722. The minimum atomic E-state index is -0.490. The SMILES string of the molecule is CC(C)(C)c1ccnc(B2OC(C)(C)C(C)(C)O2)c1OC1CC1. The summed E-state index contributed by atoms with van der Waals surface area (Å²) in [6, 6.07) is 2.05. The first-order valence-electron chi connectivity index (χ1n) is 8.53. The molecule has 5 heteroatoms. The van der Waals surface area contributed by atoms with Gasteiger partial charge in [-0.15, -0.1) is 0 Å². The Labute approximate surface area is 140 Å². The number of hydrogen-bond donors (Lipinski definition) is 0. The Bertz CT molecular complexity index is 587. The maximum absolute atomic E-state index is 6.24. The minimum absolute atomic E-state index is 0.0223. The Morgan fingerprint density at radius 2 is 1.70 bits per heavy atom. The van der Waals surface area contributed by atoms with Crippen molar-refractivity contribution in [1.82, 2.24) is 4.98 Å². The molecule has 0 bridgehead atoms. The first-order chi connectivity index (χ1) is 10.5. The summed E-state index contributed by atoms with van der Waals surface area (Å²) in [5, 5.41) is 0. The predicted octanol–water partition coefficient (Wildman–Crippen LogP) is 3.22. The highest BCUT2D eigenvalue weighted by Crippen LogP contribution is 2.39. The molecule has 2 heterocycles. The Morgan fingerprint density at radius 3 is 2.17 bits per heavy atom. The van der Waals surface area contributed by atoms with E-state index in [9.17, 15) is 0 Å². The fourth-order valence-corrected chi connectivity index (χ4v) is 2.65. The van der Waals surface area contributed by atoms with Crippen LogP contribution in [0.3, 0.4) is 0 Å². The van der Waals surface area contributed by atoms with E-state index in [-0.39, 0.29) is 16.6 Å². The molecule has 1 saturated heterocycles. The van der Waals surface area contributed by atoms with Gasteiger partial charge in [0, 0.05) is 11.8 Å². The normalized spacial score (nSPS) is 23.2. The van der Waals surface area contributed by atoms with E-state index in [1.54, 1.807) is 0 Å². The summed E-state index contributed by atoms with van der Waals surface area (Å²) in [6.07, 6.45) is 4.37. The van der Waals surface area contributed by atoms with Crippen LogP contribution in [-0.2, 0) is 14.7 Å². The first kappa shape index (κ1) is 16.8. The highest BCUT2D eigenvalue weighted by Gasteiger charge is 2.53. The van der Waals surface area contributed by atoms with Crippen LogP contribution in [-0.4, -0.2) is 29.4 Å². The molecule has 1 aromatic rings. The number of aromatic nitrogens is 1. The quantitative estimate of drug-likeness (QED) is 0.803. The molecular formula is C18H28BNO3. The molecule has 2 fully saturated rings. The van der Waals surface area contributed by atoms with Crippen LogP contribution in [0.5, 0.6) is 5.75 Å². The molecule has 0 N–H and O–H groups in total. The summed E-state index contributed by atoms with van der Waals surface area (Å²) < 4.78 is 18.6.